The van der Waals surface area contributed by atoms with Crippen LogP contribution in [-0.2, 0) is 9.53 Å². The smallest absolute Gasteiger partial charge is 0.356 e. The van der Waals surface area contributed by atoms with Crippen LogP contribution < -0.4 is 16.6 Å². The van der Waals surface area contributed by atoms with Gasteiger partial charge in [0.15, 0.2) is 0 Å². The summed E-state index contributed by atoms with van der Waals surface area (Å²) in [4.78, 5) is 10.8. The zero-order valence-electron chi connectivity index (χ0n) is 6.16. The molecule has 0 radical (unpaired) electrons. The van der Waals surface area contributed by atoms with Gasteiger partial charge in [-0.25, -0.2) is 4.79 Å². The monoisotopic (exact) mass is 177 g/mol. The number of hydrogen-bond acceptors (Lipinski definition) is 6. The second kappa shape index (κ2) is 4.86. The topological polar surface area (TPSA) is 104 Å². The zero-order valence-corrected chi connectivity index (χ0v) is 6.98. The van der Waals surface area contributed by atoms with Gasteiger partial charge in [0.1, 0.15) is 10.7 Å². The maximum Gasteiger partial charge on any atom is 0.356 e. The van der Waals surface area contributed by atoms with Crippen LogP contribution in [0.1, 0.15) is 6.92 Å². The van der Waals surface area contributed by atoms with Crippen LogP contribution in [0.5, 0.6) is 0 Å². The highest BCUT2D eigenvalue weighted by Crippen LogP contribution is 2.03. The molecule has 0 aromatic carbocycles. The summed E-state index contributed by atoms with van der Waals surface area (Å²) in [6.07, 6.45) is 0. The first-order chi connectivity index (χ1) is 5.13. The molecule has 0 aliphatic heterocycles. The first-order valence-electron chi connectivity index (χ1n) is 2.92. The Morgan fingerprint density at radius 2 is 2.09 bits per heavy atom. The van der Waals surface area contributed by atoms with Gasteiger partial charge in [-0.3, -0.25) is 5.14 Å². The highest BCUT2D eigenvalue weighted by molar-refractivity contribution is 8.00. The molecule has 0 saturated heterocycles. The van der Waals surface area contributed by atoms with Crippen LogP contribution in [0.3, 0.4) is 0 Å². The minimum atomic E-state index is -0.636. The van der Waals surface area contributed by atoms with Gasteiger partial charge in [-0.1, -0.05) is 0 Å². The molecule has 0 bridgehead atoms. The molecule has 0 spiro atoms. The van der Waals surface area contributed by atoms with E-state index in [0.717, 1.165) is 11.9 Å². The third kappa shape index (κ3) is 3.15. The fourth-order valence-corrected chi connectivity index (χ4v) is 0.583. The molecule has 0 aliphatic carbocycles. The number of rotatable bonds is 3. The minimum absolute atomic E-state index is 0.0726. The molecule has 6 N–H and O–H groups in total. The van der Waals surface area contributed by atoms with E-state index in [0.29, 0.717) is 0 Å². The molecule has 0 atom stereocenters. The minimum Gasteiger partial charge on any atom is -0.461 e. The summed E-state index contributed by atoms with van der Waals surface area (Å²) in [5.74, 6) is -0.636. The molecule has 0 unspecified atom stereocenters. The maximum atomic E-state index is 10.8. The summed E-state index contributed by atoms with van der Waals surface area (Å²) in [5.41, 5.74) is 10.3. The van der Waals surface area contributed by atoms with Crippen molar-refractivity contribution < 1.29 is 9.53 Å². The number of nitrogens with two attached hydrogens (primary N) is 3. The Morgan fingerprint density at radius 3 is 2.45 bits per heavy atom. The summed E-state index contributed by atoms with van der Waals surface area (Å²) in [6.45, 7) is 1.94. The van der Waals surface area contributed by atoms with Crippen molar-refractivity contribution in [2.45, 2.75) is 6.92 Å². The highest BCUT2D eigenvalue weighted by atomic mass is 32.2. The lowest BCUT2D eigenvalue weighted by Gasteiger charge is -2.02. The zero-order chi connectivity index (χ0) is 8.85. The molecule has 0 aromatic heterocycles. The fourth-order valence-electron chi connectivity index (χ4n) is 0.373. The van der Waals surface area contributed by atoms with Gasteiger partial charge < -0.3 is 16.2 Å². The fraction of sp³-hybridized carbons (Fsp3) is 0.400. The second-order valence-electron chi connectivity index (χ2n) is 1.62. The van der Waals surface area contributed by atoms with Crippen LogP contribution in [-0.4, -0.2) is 12.6 Å². The van der Waals surface area contributed by atoms with E-state index in [9.17, 15) is 4.79 Å². The van der Waals surface area contributed by atoms with Crippen LogP contribution in [0, 0.1) is 0 Å². The number of ether oxygens (including phenoxy) is 1. The lowest BCUT2D eigenvalue weighted by molar-refractivity contribution is -0.138. The van der Waals surface area contributed by atoms with E-state index >= 15 is 0 Å². The van der Waals surface area contributed by atoms with E-state index in [-0.39, 0.29) is 17.3 Å². The van der Waals surface area contributed by atoms with Crippen molar-refractivity contribution in [3.05, 3.63) is 10.7 Å². The van der Waals surface area contributed by atoms with Crippen LogP contribution in [0.4, 0.5) is 0 Å². The second-order valence-corrected chi connectivity index (χ2v) is 2.29. The Labute approximate surface area is 69.1 Å². The van der Waals surface area contributed by atoms with Crippen LogP contribution in [0.25, 0.3) is 0 Å². The van der Waals surface area contributed by atoms with Crippen molar-refractivity contribution in [2.75, 3.05) is 6.61 Å². The quantitative estimate of drug-likeness (QED) is 0.297. The largest absolute Gasteiger partial charge is 0.461 e. The Bertz CT molecular complexity index is 181. The normalized spacial score (nSPS) is 12.2. The van der Waals surface area contributed by atoms with Crippen LogP contribution in [0.2, 0.25) is 0 Å². The third-order valence-corrected chi connectivity index (χ3v) is 1.36. The Morgan fingerprint density at radius 1 is 1.55 bits per heavy atom. The number of hydrogen-bond donors (Lipinski definition) is 3. The first kappa shape index (κ1) is 10.1. The van der Waals surface area contributed by atoms with Crippen molar-refractivity contribution in [3.63, 3.8) is 0 Å². The maximum absolute atomic E-state index is 10.8. The van der Waals surface area contributed by atoms with E-state index in [2.05, 4.69) is 4.74 Å². The summed E-state index contributed by atoms with van der Waals surface area (Å²) in [5, 5.41) is 5.13. The number of carbonyl (C=O) groups excluding carboxylic acids is 1. The molecule has 0 saturated carbocycles. The van der Waals surface area contributed by atoms with E-state index in [1.807, 2.05) is 0 Å². The lowest BCUT2D eigenvalue weighted by atomic mass is 10.5. The molecule has 0 aromatic rings. The van der Waals surface area contributed by atoms with Crippen LogP contribution >= 0.6 is 11.9 Å². The highest BCUT2D eigenvalue weighted by Gasteiger charge is 2.09. The third-order valence-electron chi connectivity index (χ3n) is 0.888. The SMILES string of the molecule is CCOC(=O)/C(N)=C(\N)SN. The van der Waals surface area contributed by atoms with Gasteiger partial charge in [0, 0.05) is 0 Å². The molecule has 0 rings (SSSR count). The lowest BCUT2D eigenvalue weighted by Crippen LogP contribution is -2.19. The molecule has 0 heterocycles. The van der Waals surface area contributed by atoms with Crippen LogP contribution in [0.15, 0.2) is 10.7 Å². The van der Waals surface area contributed by atoms with E-state index < -0.39 is 5.97 Å². The molecule has 0 fully saturated rings. The Balaban J connectivity index is 4.22. The van der Waals surface area contributed by atoms with E-state index in [4.69, 9.17) is 16.6 Å². The van der Waals surface area contributed by atoms with Gasteiger partial charge in [0.2, 0.25) is 0 Å². The van der Waals surface area contributed by atoms with E-state index in [1.165, 1.54) is 0 Å². The molecule has 0 amide bonds. The predicted molar refractivity (Wildman–Crippen MR) is 43.8 cm³/mol. The van der Waals surface area contributed by atoms with Crippen molar-refractivity contribution in [3.8, 4) is 0 Å². The number of carbonyl (C=O) groups is 1. The summed E-state index contributed by atoms with van der Waals surface area (Å²) < 4.78 is 4.56. The van der Waals surface area contributed by atoms with E-state index in [1.54, 1.807) is 6.92 Å². The van der Waals surface area contributed by atoms with Crippen molar-refractivity contribution in [1.29, 1.82) is 0 Å². The molecule has 64 valence electrons. The standard InChI is InChI=1S/C5H11N3O2S/c1-2-10-5(9)3(6)4(7)11-8/h2,6-8H2,1H3/b4-3-. The van der Waals surface area contributed by atoms with Crippen molar-refractivity contribution >= 4 is 17.9 Å². The van der Waals surface area contributed by atoms with Gasteiger partial charge in [0.05, 0.1) is 6.61 Å². The molecule has 0 aliphatic rings. The van der Waals surface area contributed by atoms with Gasteiger partial charge in [-0.15, -0.1) is 0 Å². The number of esters is 1. The summed E-state index contributed by atoms with van der Waals surface area (Å²) in [6, 6.07) is 0. The van der Waals surface area contributed by atoms with Gasteiger partial charge in [-0.05, 0) is 18.9 Å². The average molecular weight is 177 g/mol. The Kier molecular flexibility index (Phi) is 4.47. The van der Waals surface area contributed by atoms with Gasteiger partial charge >= 0.3 is 5.97 Å². The summed E-state index contributed by atoms with van der Waals surface area (Å²) in [7, 11) is 0. The van der Waals surface area contributed by atoms with Gasteiger partial charge in [0.25, 0.3) is 0 Å². The first-order valence-corrected chi connectivity index (χ1v) is 3.80. The summed E-state index contributed by atoms with van der Waals surface area (Å²) >= 11 is 0.719. The molecular formula is C5H11N3O2S. The van der Waals surface area contributed by atoms with Crippen molar-refractivity contribution in [1.82, 2.24) is 0 Å². The molecule has 11 heavy (non-hydrogen) atoms. The molecule has 5 nitrogen and oxygen atoms in total. The van der Waals surface area contributed by atoms with Crippen molar-refractivity contribution in [2.24, 2.45) is 16.6 Å². The average Bonchev–Trinajstić information content (AvgIpc) is 2.02. The predicted octanol–water partition coefficient (Wildman–Crippen LogP) is -0.757. The van der Waals surface area contributed by atoms with Gasteiger partial charge in [-0.2, -0.15) is 0 Å². The molecule has 6 heteroatoms. The Hall–Kier alpha value is -0.880. The molecular weight excluding hydrogens is 166 g/mol.